The van der Waals surface area contributed by atoms with E-state index in [9.17, 15) is 18.0 Å². The van der Waals surface area contributed by atoms with Crippen LogP contribution >= 0.6 is 0 Å². The summed E-state index contributed by atoms with van der Waals surface area (Å²) < 4.78 is 37.7. The van der Waals surface area contributed by atoms with Crippen LogP contribution in [0.25, 0.3) is 0 Å². The molecule has 4 nitrogen and oxygen atoms in total. The lowest BCUT2D eigenvalue weighted by Crippen LogP contribution is -2.35. The van der Waals surface area contributed by atoms with Gasteiger partial charge in [0.1, 0.15) is 12.4 Å². The predicted molar refractivity (Wildman–Crippen MR) is 69.1 cm³/mol. The number of pyridine rings is 1. The molecule has 0 spiro atoms. The summed E-state index contributed by atoms with van der Waals surface area (Å²) in [5, 5.41) is 9.00. The highest BCUT2D eigenvalue weighted by atomic mass is 19.4. The molecular formula is C13H17F3N2O2. The molecule has 1 aromatic rings. The number of alkyl halides is 3. The Morgan fingerprint density at radius 1 is 1.35 bits per heavy atom. The summed E-state index contributed by atoms with van der Waals surface area (Å²) in [6.45, 7) is 2.55. The fraction of sp³-hybridized carbons (Fsp3) is 0.538. The third-order valence-corrected chi connectivity index (χ3v) is 2.66. The number of hydrogen-bond acceptors (Lipinski definition) is 3. The van der Waals surface area contributed by atoms with E-state index < -0.39 is 18.7 Å². The van der Waals surface area contributed by atoms with Gasteiger partial charge in [0.15, 0.2) is 0 Å². The molecule has 1 N–H and O–H groups in total. The highest BCUT2D eigenvalue weighted by molar-refractivity contribution is 5.88. The summed E-state index contributed by atoms with van der Waals surface area (Å²) in [5.41, 5.74) is 0.415. The second-order valence-corrected chi connectivity index (χ2v) is 4.40. The van der Waals surface area contributed by atoms with Gasteiger partial charge in [0.25, 0.3) is 0 Å². The third-order valence-electron chi connectivity index (χ3n) is 2.66. The van der Waals surface area contributed by atoms with Crippen LogP contribution in [0.3, 0.4) is 0 Å². The van der Waals surface area contributed by atoms with Crippen LogP contribution in [0.4, 0.5) is 19.0 Å². The molecule has 0 saturated heterocycles. The second-order valence-electron chi connectivity index (χ2n) is 4.40. The largest absolute Gasteiger partial charge is 0.478 e. The molecule has 1 rings (SSSR count). The zero-order chi connectivity index (χ0) is 15.3. The quantitative estimate of drug-likeness (QED) is 0.874. The van der Waals surface area contributed by atoms with Crippen LogP contribution in [0.1, 0.15) is 36.3 Å². The zero-order valence-electron chi connectivity index (χ0n) is 11.4. The summed E-state index contributed by atoms with van der Waals surface area (Å²) in [5.74, 6) is -1.12. The van der Waals surface area contributed by atoms with Crippen molar-refractivity contribution in [2.45, 2.75) is 32.9 Å². The Labute approximate surface area is 115 Å². The van der Waals surface area contributed by atoms with Crippen molar-refractivity contribution < 1.29 is 23.1 Å². The molecule has 0 aliphatic carbocycles. The van der Waals surface area contributed by atoms with Crippen LogP contribution in [0.2, 0.25) is 0 Å². The van der Waals surface area contributed by atoms with E-state index in [2.05, 4.69) is 4.98 Å². The lowest BCUT2D eigenvalue weighted by atomic mass is 10.2. The SMILES string of the molecule is CCCN(CC(F)(F)F)c1cc(C(=O)O)cc(CC)n1. The first-order chi connectivity index (χ1) is 9.26. The number of carbonyl (C=O) groups is 1. The van der Waals surface area contributed by atoms with Crippen LogP contribution in [0.5, 0.6) is 0 Å². The van der Waals surface area contributed by atoms with Gasteiger partial charge < -0.3 is 10.0 Å². The molecule has 1 heterocycles. The van der Waals surface area contributed by atoms with Gasteiger partial charge in [0, 0.05) is 12.2 Å². The average Bonchev–Trinajstić information content (AvgIpc) is 2.36. The van der Waals surface area contributed by atoms with Crippen molar-refractivity contribution in [3.05, 3.63) is 23.4 Å². The van der Waals surface area contributed by atoms with E-state index in [0.29, 0.717) is 18.5 Å². The molecule has 112 valence electrons. The molecule has 20 heavy (non-hydrogen) atoms. The molecule has 0 amide bonds. The number of hydrogen-bond donors (Lipinski definition) is 1. The minimum atomic E-state index is -4.36. The number of nitrogens with zero attached hydrogens (tertiary/aromatic N) is 2. The van der Waals surface area contributed by atoms with Crippen LogP contribution in [0.15, 0.2) is 12.1 Å². The Hall–Kier alpha value is -1.79. The summed E-state index contributed by atoms with van der Waals surface area (Å²) in [6, 6.07) is 2.56. The third kappa shape index (κ3) is 4.71. The lowest BCUT2D eigenvalue weighted by molar-refractivity contribution is -0.119. The summed E-state index contributed by atoms with van der Waals surface area (Å²) in [7, 11) is 0. The highest BCUT2D eigenvalue weighted by Crippen LogP contribution is 2.22. The first kappa shape index (κ1) is 16.3. The van der Waals surface area contributed by atoms with Crippen molar-refractivity contribution in [3.8, 4) is 0 Å². The van der Waals surface area contributed by atoms with E-state index >= 15 is 0 Å². The first-order valence-electron chi connectivity index (χ1n) is 6.32. The molecule has 1 aromatic heterocycles. The number of anilines is 1. The molecule has 0 fully saturated rings. The molecule has 0 atom stereocenters. The van der Waals surface area contributed by atoms with Gasteiger partial charge in [0.2, 0.25) is 0 Å². The summed E-state index contributed by atoms with van der Waals surface area (Å²) >= 11 is 0. The molecule has 0 aromatic carbocycles. The van der Waals surface area contributed by atoms with Crippen LogP contribution in [-0.4, -0.2) is 35.3 Å². The van der Waals surface area contributed by atoms with Gasteiger partial charge in [-0.1, -0.05) is 13.8 Å². The van der Waals surface area contributed by atoms with Crippen LogP contribution in [0, 0.1) is 0 Å². The standard InChI is InChI=1S/C13H17F3N2O2/c1-3-5-18(8-13(14,15)16)11-7-9(12(19)20)6-10(4-2)17-11/h6-7H,3-5,8H2,1-2H3,(H,19,20). The molecule has 0 bridgehead atoms. The van der Waals surface area contributed by atoms with E-state index in [1.54, 1.807) is 13.8 Å². The molecule has 0 saturated carbocycles. The van der Waals surface area contributed by atoms with E-state index in [1.165, 1.54) is 12.1 Å². The molecule has 7 heteroatoms. The Balaban J connectivity index is 3.17. The van der Waals surface area contributed by atoms with E-state index in [4.69, 9.17) is 5.11 Å². The molecule has 0 aliphatic rings. The van der Waals surface area contributed by atoms with Crippen molar-refractivity contribution in [3.63, 3.8) is 0 Å². The number of carboxylic acids is 1. The average molecular weight is 290 g/mol. The van der Waals surface area contributed by atoms with E-state index in [0.717, 1.165) is 4.90 Å². The van der Waals surface area contributed by atoms with Gasteiger partial charge >= 0.3 is 12.1 Å². The maximum atomic E-state index is 12.6. The van der Waals surface area contributed by atoms with Crippen molar-refractivity contribution in [1.82, 2.24) is 4.98 Å². The second kappa shape index (κ2) is 6.58. The van der Waals surface area contributed by atoms with Gasteiger partial charge in [-0.15, -0.1) is 0 Å². The summed E-state index contributed by atoms with van der Waals surface area (Å²) in [6.07, 6.45) is -3.39. The van der Waals surface area contributed by atoms with Gasteiger partial charge in [-0.3, -0.25) is 0 Å². The van der Waals surface area contributed by atoms with Gasteiger partial charge in [-0.2, -0.15) is 13.2 Å². The molecular weight excluding hydrogens is 273 g/mol. The maximum absolute atomic E-state index is 12.6. The van der Waals surface area contributed by atoms with Crippen molar-refractivity contribution in [1.29, 1.82) is 0 Å². The maximum Gasteiger partial charge on any atom is 0.405 e. The van der Waals surface area contributed by atoms with Gasteiger partial charge in [-0.05, 0) is 25.0 Å². The molecule has 0 aliphatic heterocycles. The van der Waals surface area contributed by atoms with Crippen LogP contribution in [-0.2, 0) is 6.42 Å². The number of rotatable bonds is 6. The highest BCUT2D eigenvalue weighted by Gasteiger charge is 2.31. The Kier molecular flexibility index (Phi) is 5.35. The fourth-order valence-electron chi connectivity index (χ4n) is 1.80. The van der Waals surface area contributed by atoms with Gasteiger partial charge in [0.05, 0.1) is 5.56 Å². The number of aromatic nitrogens is 1. The number of carboxylic acid groups (broad SMARTS) is 1. The van der Waals surface area contributed by atoms with Crippen molar-refractivity contribution in [2.24, 2.45) is 0 Å². The molecule has 0 unspecified atom stereocenters. The Morgan fingerprint density at radius 3 is 2.45 bits per heavy atom. The lowest BCUT2D eigenvalue weighted by Gasteiger charge is -2.25. The van der Waals surface area contributed by atoms with Crippen LogP contribution < -0.4 is 4.90 Å². The Morgan fingerprint density at radius 2 is 2.00 bits per heavy atom. The first-order valence-corrected chi connectivity index (χ1v) is 6.32. The number of aromatic carboxylic acids is 1. The smallest absolute Gasteiger partial charge is 0.405 e. The minimum absolute atomic E-state index is 0.0462. The zero-order valence-corrected chi connectivity index (χ0v) is 11.4. The minimum Gasteiger partial charge on any atom is -0.478 e. The van der Waals surface area contributed by atoms with Crippen molar-refractivity contribution in [2.75, 3.05) is 18.0 Å². The Bertz CT molecular complexity index is 475. The summed E-state index contributed by atoms with van der Waals surface area (Å²) in [4.78, 5) is 16.2. The van der Waals surface area contributed by atoms with Gasteiger partial charge in [-0.25, -0.2) is 9.78 Å². The van der Waals surface area contributed by atoms with E-state index in [1.807, 2.05) is 0 Å². The monoisotopic (exact) mass is 290 g/mol. The van der Waals surface area contributed by atoms with E-state index in [-0.39, 0.29) is 17.9 Å². The van der Waals surface area contributed by atoms with Crippen molar-refractivity contribution >= 4 is 11.8 Å². The predicted octanol–water partition coefficient (Wildman–Crippen LogP) is 3.12. The number of aryl methyl sites for hydroxylation is 1. The topological polar surface area (TPSA) is 53.4 Å². The molecule has 0 radical (unpaired) electrons. The normalized spacial score (nSPS) is 11.4. The fourth-order valence-corrected chi connectivity index (χ4v) is 1.80. The number of halogens is 3.